The fraction of sp³-hybridized carbons (Fsp3) is 0. The number of nitrogen functional groups attached to an aromatic ring is 2. The van der Waals surface area contributed by atoms with Crippen molar-refractivity contribution >= 4 is 21.4 Å². The minimum atomic E-state index is -0.101. The molecule has 4 N–H and O–H groups in total. The summed E-state index contributed by atoms with van der Waals surface area (Å²) in [5.41, 5.74) is 12.5. The van der Waals surface area contributed by atoms with Gasteiger partial charge in [0.1, 0.15) is 11.5 Å². The highest BCUT2D eigenvalue weighted by molar-refractivity contribution is 6.20. The van der Waals surface area contributed by atoms with E-state index in [-0.39, 0.29) is 10.0 Å². The van der Waals surface area contributed by atoms with E-state index < -0.39 is 0 Å². The molecular weight excluding hydrogens is 232 g/mol. The molecule has 0 aliphatic carbocycles. The molecule has 0 saturated carbocycles. The van der Waals surface area contributed by atoms with Crippen molar-refractivity contribution in [3.8, 4) is 11.5 Å². The number of benzene rings is 2. The smallest absolute Gasteiger partial charge is 0.508 e. The highest BCUT2D eigenvalue weighted by Gasteiger charge is 2.00. The fourth-order valence-electron chi connectivity index (χ4n) is 1.19. The molecule has 0 aromatic heterocycles. The normalized spacial score (nSPS) is 9.88. The monoisotopic (exact) mass is 244 g/mol. The third-order valence-corrected chi connectivity index (χ3v) is 2.72. The van der Waals surface area contributed by atoms with Crippen LogP contribution < -0.4 is 20.3 Å². The Labute approximate surface area is 102 Å². The Kier molecular flexibility index (Phi) is 3.51. The van der Waals surface area contributed by atoms with Gasteiger partial charge in [0.05, 0.1) is 0 Å². The first-order chi connectivity index (χ1) is 8.24. The Morgan fingerprint density at radius 1 is 0.647 bits per heavy atom. The molecule has 0 spiro atoms. The average Bonchev–Trinajstić information content (AvgIpc) is 2.34. The molecule has 0 bridgehead atoms. The standard InChI is InChI=1S/C12H12N2O2Si/c13-9-1-5-11(6-2-9)15-17-16-12-7-3-10(14)4-8-12/h1-8H,13-14H2. The maximum absolute atomic E-state index is 5.56. The summed E-state index contributed by atoms with van der Waals surface area (Å²) in [4.78, 5) is 0. The van der Waals surface area contributed by atoms with Crippen LogP contribution in [0.3, 0.4) is 0 Å². The zero-order chi connectivity index (χ0) is 12.1. The number of hydrogen-bond donors (Lipinski definition) is 2. The first-order valence-electron chi connectivity index (χ1n) is 5.04. The van der Waals surface area contributed by atoms with Gasteiger partial charge in [0, 0.05) is 11.4 Å². The Balaban J connectivity index is 1.83. The van der Waals surface area contributed by atoms with Gasteiger partial charge in [-0.15, -0.1) is 0 Å². The highest BCUT2D eigenvalue weighted by Crippen LogP contribution is 2.15. The summed E-state index contributed by atoms with van der Waals surface area (Å²) in [5.74, 6) is 1.46. The third kappa shape index (κ3) is 3.42. The molecule has 2 rings (SSSR count). The first-order valence-corrected chi connectivity index (χ1v) is 5.85. The molecule has 0 fully saturated rings. The van der Waals surface area contributed by atoms with Crippen molar-refractivity contribution in [2.24, 2.45) is 0 Å². The van der Waals surface area contributed by atoms with Crippen molar-refractivity contribution in [1.29, 1.82) is 0 Å². The van der Waals surface area contributed by atoms with Gasteiger partial charge in [0.15, 0.2) is 0 Å². The summed E-state index contributed by atoms with van der Waals surface area (Å²) < 4.78 is 10.8. The van der Waals surface area contributed by atoms with Crippen LogP contribution in [0.1, 0.15) is 0 Å². The van der Waals surface area contributed by atoms with Crippen LogP contribution in [0.5, 0.6) is 11.5 Å². The number of anilines is 2. The topological polar surface area (TPSA) is 70.5 Å². The van der Waals surface area contributed by atoms with Gasteiger partial charge in [0.25, 0.3) is 0 Å². The average molecular weight is 244 g/mol. The summed E-state index contributed by atoms with van der Waals surface area (Å²) in [6, 6.07) is 14.3. The van der Waals surface area contributed by atoms with E-state index in [1.54, 1.807) is 48.5 Å². The van der Waals surface area contributed by atoms with E-state index >= 15 is 0 Å². The Morgan fingerprint density at radius 2 is 1.00 bits per heavy atom. The third-order valence-electron chi connectivity index (χ3n) is 2.08. The van der Waals surface area contributed by atoms with Gasteiger partial charge in [0.2, 0.25) is 0 Å². The number of rotatable bonds is 4. The van der Waals surface area contributed by atoms with Crippen molar-refractivity contribution < 1.29 is 8.85 Å². The van der Waals surface area contributed by atoms with Gasteiger partial charge >= 0.3 is 10.0 Å². The first kappa shape index (κ1) is 11.3. The molecule has 2 aromatic rings. The second kappa shape index (κ2) is 5.27. The summed E-state index contributed by atoms with van der Waals surface area (Å²) in [5, 5.41) is 0. The number of nitrogens with two attached hydrogens (primary N) is 2. The van der Waals surface area contributed by atoms with Crippen LogP contribution in [0.15, 0.2) is 48.5 Å². The van der Waals surface area contributed by atoms with Gasteiger partial charge in [-0.1, -0.05) is 0 Å². The van der Waals surface area contributed by atoms with Crippen molar-refractivity contribution in [1.82, 2.24) is 0 Å². The molecule has 0 aliphatic rings. The largest absolute Gasteiger partial charge is 0.610 e. The van der Waals surface area contributed by atoms with Gasteiger partial charge in [-0.2, -0.15) is 0 Å². The van der Waals surface area contributed by atoms with Crippen molar-refractivity contribution in [2.75, 3.05) is 11.5 Å². The van der Waals surface area contributed by atoms with Gasteiger partial charge < -0.3 is 20.3 Å². The lowest BCUT2D eigenvalue weighted by molar-refractivity contribution is 0.459. The Hall–Kier alpha value is -2.14. The lowest BCUT2D eigenvalue weighted by Gasteiger charge is -2.06. The van der Waals surface area contributed by atoms with Gasteiger partial charge in [-0.05, 0) is 48.5 Å². The SMILES string of the molecule is Nc1ccc(O[Si]Oc2ccc(N)cc2)cc1. The summed E-state index contributed by atoms with van der Waals surface area (Å²) in [7, 11) is -0.101. The van der Waals surface area contributed by atoms with Crippen LogP contribution in [0.4, 0.5) is 11.4 Å². The van der Waals surface area contributed by atoms with Crippen LogP contribution in [-0.4, -0.2) is 10.0 Å². The molecule has 2 aromatic carbocycles. The maximum Gasteiger partial charge on any atom is 0.610 e. The highest BCUT2D eigenvalue weighted by atomic mass is 28.3. The minimum Gasteiger partial charge on any atom is -0.508 e. The van der Waals surface area contributed by atoms with Crippen molar-refractivity contribution in [3.05, 3.63) is 48.5 Å². The molecule has 0 saturated heterocycles. The molecule has 0 aliphatic heterocycles. The van der Waals surface area contributed by atoms with Gasteiger partial charge in [-0.3, -0.25) is 0 Å². The Bertz CT molecular complexity index is 425. The fourth-order valence-corrected chi connectivity index (χ4v) is 1.70. The van der Waals surface area contributed by atoms with Crippen molar-refractivity contribution in [2.45, 2.75) is 0 Å². The predicted octanol–water partition coefficient (Wildman–Crippen LogP) is 1.84. The van der Waals surface area contributed by atoms with Gasteiger partial charge in [-0.25, -0.2) is 0 Å². The lowest BCUT2D eigenvalue weighted by atomic mass is 10.3. The van der Waals surface area contributed by atoms with E-state index in [2.05, 4.69) is 0 Å². The minimum absolute atomic E-state index is 0.101. The molecule has 0 amide bonds. The number of hydrogen-bond acceptors (Lipinski definition) is 4. The quantitative estimate of drug-likeness (QED) is 0.636. The van der Waals surface area contributed by atoms with Crippen LogP contribution in [0.25, 0.3) is 0 Å². The van der Waals surface area contributed by atoms with E-state index in [1.165, 1.54) is 0 Å². The molecular formula is C12H12N2O2Si. The molecule has 2 radical (unpaired) electrons. The second-order valence-corrected chi connectivity index (χ2v) is 4.00. The predicted molar refractivity (Wildman–Crippen MR) is 68.7 cm³/mol. The van der Waals surface area contributed by atoms with Crippen LogP contribution >= 0.6 is 0 Å². The summed E-state index contributed by atoms with van der Waals surface area (Å²) in [6.45, 7) is 0. The summed E-state index contributed by atoms with van der Waals surface area (Å²) in [6.07, 6.45) is 0. The zero-order valence-corrected chi connectivity index (χ0v) is 10.1. The van der Waals surface area contributed by atoms with E-state index in [4.69, 9.17) is 20.3 Å². The van der Waals surface area contributed by atoms with Crippen LogP contribution in [0.2, 0.25) is 0 Å². The molecule has 86 valence electrons. The van der Waals surface area contributed by atoms with E-state index in [0.717, 1.165) is 11.5 Å². The summed E-state index contributed by atoms with van der Waals surface area (Å²) >= 11 is 0. The van der Waals surface area contributed by atoms with E-state index in [0.29, 0.717) is 11.4 Å². The molecule has 4 nitrogen and oxygen atoms in total. The zero-order valence-electron chi connectivity index (χ0n) is 9.09. The van der Waals surface area contributed by atoms with Crippen molar-refractivity contribution in [3.63, 3.8) is 0 Å². The van der Waals surface area contributed by atoms with E-state index in [1.807, 2.05) is 0 Å². The molecule has 0 unspecified atom stereocenters. The lowest BCUT2D eigenvalue weighted by Crippen LogP contribution is -2.10. The Morgan fingerprint density at radius 3 is 1.35 bits per heavy atom. The molecule has 0 atom stereocenters. The molecule has 5 heteroatoms. The van der Waals surface area contributed by atoms with E-state index in [9.17, 15) is 0 Å². The van der Waals surface area contributed by atoms with Crippen LogP contribution in [-0.2, 0) is 0 Å². The van der Waals surface area contributed by atoms with Crippen LogP contribution in [0, 0.1) is 0 Å². The second-order valence-electron chi connectivity index (χ2n) is 3.43. The molecule has 0 heterocycles. The molecule has 17 heavy (non-hydrogen) atoms. The maximum atomic E-state index is 5.56.